The Bertz CT molecular complexity index is 487. The van der Waals surface area contributed by atoms with E-state index in [1.165, 1.54) is 0 Å². The van der Waals surface area contributed by atoms with Crippen molar-refractivity contribution in [1.82, 2.24) is 0 Å². The highest BCUT2D eigenvalue weighted by atomic mass is 16.6. The van der Waals surface area contributed by atoms with Gasteiger partial charge < -0.3 is 15.2 Å². The Kier molecular flexibility index (Phi) is 3.01. The molecule has 1 aromatic rings. The van der Waals surface area contributed by atoms with Crippen molar-refractivity contribution in [1.29, 1.82) is 0 Å². The molecule has 19 heavy (non-hydrogen) atoms. The lowest BCUT2D eigenvalue weighted by Crippen LogP contribution is -2.59. The Hall–Kier alpha value is -1.16. The van der Waals surface area contributed by atoms with Gasteiger partial charge in [-0.2, -0.15) is 0 Å². The molecule has 3 nitrogen and oxygen atoms in total. The first-order valence-corrected chi connectivity index (χ1v) is 6.82. The molecule has 1 saturated heterocycles. The number of rotatable bonds is 3. The summed E-state index contributed by atoms with van der Waals surface area (Å²) in [7, 11) is 0. The lowest BCUT2D eigenvalue weighted by Gasteiger charge is -2.45. The zero-order chi connectivity index (χ0) is 13.5. The van der Waals surface area contributed by atoms with E-state index in [1.807, 2.05) is 18.2 Å². The average Bonchev–Trinajstić information content (AvgIpc) is 2.62. The van der Waals surface area contributed by atoms with Crippen LogP contribution in [0.1, 0.15) is 25.8 Å². The summed E-state index contributed by atoms with van der Waals surface area (Å²) in [5, 5.41) is 0. The first-order chi connectivity index (χ1) is 9.01. The first-order valence-electron chi connectivity index (χ1n) is 6.82. The Labute approximate surface area is 114 Å². The first kappa shape index (κ1) is 12.9. The van der Waals surface area contributed by atoms with Gasteiger partial charge in [0.1, 0.15) is 11.7 Å². The van der Waals surface area contributed by atoms with E-state index in [9.17, 15) is 0 Å². The second-order valence-corrected chi connectivity index (χ2v) is 6.02. The van der Waals surface area contributed by atoms with Gasteiger partial charge in [-0.15, -0.1) is 0 Å². The van der Waals surface area contributed by atoms with E-state index >= 15 is 0 Å². The lowest BCUT2D eigenvalue weighted by molar-refractivity contribution is -0.192. The average molecular weight is 259 g/mol. The topological polar surface area (TPSA) is 44.5 Å². The van der Waals surface area contributed by atoms with Crippen molar-refractivity contribution in [3.05, 3.63) is 48.0 Å². The smallest absolute Gasteiger partial charge is 0.112 e. The van der Waals surface area contributed by atoms with Crippen molar-refractivity contribution in [2.24, 2.45) is 5.73 Å². The van der Waals surface area contributed by atoms with Crippen LogP contribution < -0.4 is 5.73 Å². The number of fused-ring (bicyclic) bond motifs is 2. The standard InChI is InChI=1S/C16H21NO2/c1-15-8-9-16(2,19-15)14(13(17)10-15)18-11-12-6-4-3-5-7-12/h3-9,13-14H,10-11,17H2,1-2H3/t13-,14-,15+,16-/m0/s1. The number of ether oxygens (including phenoxy) is 2. The zero-order valence-corrected chi connectivity index (χ0v) is 11.5. The maximum Gasteiger partial charge on any atom is 0.112 e. The fourth-order valence-corrected chi connectivity index (χ4v) is 3.22. The summed E-state index contributed by atoms with van der Waals surface area (Å²) in [6.45, 7) is 4.72. The molecule has 0 amide bonds. The summed E-state index contributed by atoms with van der Waals surface area (Å²) in [6.07, 6.45) is 4.94. The number of nitrogens with two attached hydrogens (primary N) is 1. The van der Waals surface area contributed by atoms with Crippen LogP contribution in [0, 0.1) is 0 Å². The van der Waals surface area contributed by atoms with E-state index in [0.29, 0.717) is 6.61 Å². The summed E-state index contributed by atoms with van der Waals surface area (Å²) < 4.78 is 12.2. The molecule has 0 aliphatic carbocycles. The van der Waals surface area contributed by atoms with Crippen LogP contribution in [0.25, 0.3) is 0 Å². The van der Waals surface area contributed by atoms with E-state index < -0.39 is 5.60 Å². The number of hydrogen-bond acceptors (Lipinski definition) is 3. The van der Waals surface area contributed by atoms with Crippen molar-refractivity contribution < 1.29 is 9.47 Å². The monoisotopic (exact) mass is 259 g/mol. The molecule has 2 heterocycles. The van der Waals surface area contributed by atoms with Crippen LogP contribution in [0.15, 0.2) is 42.5 Å². The van der Waals surface area contributed by atoms with Crippen LogP contribution in [-0.2, 0) is 16.1 Å². The molecule has 3 rings (SSSR count). The van der Waals surface area contributed by atoms with Gasteiger partial charge in [0, 0.05) is 6.04 Å². The van der Waals surface area contributed by atoms with Crippen LogP contribution in [-0.4, -0.2) is 23.3 Å². The van der Waals surface area contributed by atoms with Gasteiger partial charge in [-0.3, -0.25) is 0 Å². The van der Waals surface area contributed by atoms with E-state index in [1.54, 1.807) is 0 Å². The van der Waals surface area contributed by atoms with Crippen LogP contribution in [0.4, 0.5) is 0 Å². The highest BCUT2D eigenvalue weighted by Gasteiger charge is 2.52. The molecule has 0 spiro atoms. The van der Waals surface area contributed by atoms with Crippen molar-refractivity contribution >= 4 is 0 Å². The predicted molar refractivity (Wildman–Crippen MR) is 74.6 cm³/mol. The molecular weight excluding hydrogens is 238 g/mol. The van der Waals surface area contributed by atoms with E-state index in [2.05, 4.69) is 38.1 Å². The highest BCUT2D eigenvalue weighted by Crippen LogP contribution is 2.43. The van der Waals surface area contributed by atoms with Gasteiger partial charge in [-0.1, -0.05) is 42.5 Å². The molecule has 1 aromatic carbocycles. The van der Waals surface area contributed by atoms with Gasteiger partial charge in [0.15, 0.2) is 0 Å². The third-order valence-electron chi connectivity index (χ3n) is 4.09. The van der Waals surface area contributed by atoms with Gasteiger partial charge in [0.05, 0.1) is 12.2 Å². The van der Waals surface area contributed by atoms with E-state index in [4.69, 9.17) is 15.2 Å². The lowest BCUT2D eigenvalue weighted by atomic mass is 9.87. The predicted octanol–water partition coefficient (Wildman–Crippen LogP) is 2.41. The highest BCUT2D eigenvalue weighted by molar-refractivity contribution is 5.24. The van der Waals surface area contributed by atoms with Crippen LogP contribution in [0.3, 0.4) is 0 Å². The molecule has 102 valence electrons. The largest absolute Gasteiger partial charge is 0.369 e. The summed E-state index contributed by atoms with van der Waals surface area (Å²) >= 11 is 0. The van der Waals surface area contributed by atoms with E-state index in [-0.39, 0.29) is 17.7 Å². The normalized spacial score (nSPS) is 40.6. The van der Waals surface area contributed by atoms with Crippen molar-refractivity contribution in [2.45, 2.75) is 50.2 Å². The quantitative estimate of drug-likeness (QED) is 0.848. The molecule has 2 aliphatic rings. The minimum absolute atomic E-state index is 0.00228. The molecule has 1 fully saturated rings. The van der Waals surface area contributed by atoms with Crippen molar-refractivity contribution in [2.75, 3.05) is 0 Å². The molecule has 0 radical (unpaired) electrons. The molecule has 0 unspecified atom stereocenters. The molecule has 0 aromatic heterocycles. The Morgan fingerprint density at radius 3 is 2.74 bits per heavy atom. The number of benzene rings is 1. The molecule has 2 bridgehead atoms. The third kappa shape index (κ3) is 2.34. The molecule has 2 aliphatic heterocycles. The van der Waals surface area contributed by atoms with Gasteiger partial charge in [-0.05, 0) is 25.8 Å². The maximum atomic E-state index is 6.29. The van der Waals surface area contributed by atoms with Crippen molar-refractivity contribution in [3.63, 3.8) is 0 Å². The SMILES string of the molecule is C[C@]12C=C[C@](C)(O1)[C@@H](OCc1ccccc1)[C@@H](N)C2. The summed E-state index contributed by atoms with van der Waals surface area (Å²) in [5.41, 5.74) is 6.83. The number of hydrogen-bond donors (Lipinski definition) is 1. The van der Waals surface area contributed by atoms with Crippen molar-refractivity contribution in [3.8, 4) is 0 Å². The van der Waals surface area contributed by atoms with Gasteiger partial charge >= 0.3 is 0 Å². The van der Waals surface area contributed by atoms with Gasteiger partial charge in [0.2, 0.25) is 0 Å². The minimum atomic E-state index is -0.402. The minimum Gasteiger partial charge on any atom is -0.369 e. The maximum absolute atomic E-state index is 6.29. The van der Waals surface area contributed by atoms with Crippen LogP contribution in [0.2, 0.25) is 0 Å². The molecule has 2 N–H and O–H groups in total. The van der Waals surface area contributed by atoms with Gasteiger partial charge in [-0.25, -0.2) is 0 Å². The molecule has 3 heteroatoms. The van der Waals surface area contributed by atoms with E-state index in [0.717, 1.165) is 12.0 Å². The summed E-state index contributed by atoms with van der Waals surface area (Å²) in [6, 6.07) is 10.2. The Morgan fingerprint density at radius 1 is 1.26 bits per heavy atom. The van der Waals surface area contributed by atoms with Gasteiger partial charge in [0.25, 0.3) is 0 Å². The van der Waals surface area contributed by atoms with Crippen LogP contribution >= 0.6 is 0 Å². The van der Waals surface area contributed by atoms with Crippen LogP contribution in [0.5, 0.6) is 0 Å². The summed E-state index contributed by atoms with van der Waals surface area (Å²) in [4.78, 5) is 0. The third-order valence-corrected chi connectivity index (χ3v) is 4.09. The fourth-order valence-electron chi connectivity index (χ4n) is 3.22. The second kappa shape index (κ2) is 4.44. The zero-order valence-electron chi connectivity index (χ0n) is 11.5. The Balaban J connectivity index is 1.72. The fraction of sp³-hybridized carbons (Fsp3) is 0.500. The second-order valence-electron chi connectivity index (χ2n) is 6.02. The Morgan fingerprint density at radius 2 is 2.00 bits per heavy atom. The molecular formula is C16H21NO2. The summed E-state index contributed by atoms with van der Waals surface area (Å²) in [5.74, 6) is 0. The molecule has 0 saturated carbocycles. The molecule has 4 atom stereocenters.